The van der Waals surface area contributed by atoms with Gasteiger partial charge in [0.1, 0.15) is 12.6 Å². The smallest absolute Gasteiger partial charge is 0.481 e. The fraction of sp³-hybridized carbons (Fsp3) is 0.444. The molecule has 5 rings (SSSR count). The molecule has 2 saturated carbocycles. The molecule has 0 aromatic heterocycles. The Morgan fingerprint density at radius 3 is 2.37 bits per heavy atom. The maximum atomic E-state index is 13.4. The number of hydrogen-bond acceptors (Lipinski definition) is 3. The Morgan fingerprint density at radius 1 is 0.971 bits per heavy atom. The first-order valence-corrected chi connectivity index (χ1v) is 12.7. The molecule has 2 fully saturated rings. The first-order valence-electron chi connectivity index (χ1n) is 12.3. The average Bonchev–Trinajstić information content (AvgIpc) is 3.54. The van der Waals surface area contributed by atoms with E-state index in [1.54, 1.807) is 12.1 Å². The van der Waals surface area contributed by atoms with E-state index in [0.29, 0.717) is 17.3 Å². The zero-order valence-electron chi connectivity index (χ0n) is 19.5. The Morgan fingerprint density at radius 2 is 1.71 bits per heavy atom. The van der Waals surface area contributed by atoms with Gasteiger partial charge in [-0.15, -0.1) is 0 Å². The molecule has 3 aliphatic rings. The van der Waals surface area contributed by atoms with Crippen LogP contribution >= 0.6 is 11.6 Å². The van der Waals surface area contributed by atoms with Crippen LogP contribution in [0.4, 0.5) is 10.5 Å². The van der Waals surface area contributed by atoms with Crippen LogP contribution in [0.5, 0.6) is 0 Å². The predicted octanol–water partition coefficient (Wildman–Crippen LogP) is 5.60. The van der Waals surface area contributed by atoms with E-state index >= 15 is 0 Å². The third-order valence-corrected chi connectivity index (χ3v) is 8.18. The van der Waals surface area contributed by atoms with Crippen LogP contribution in [-0.2, 0) is 16.1 Å². The molecule has 2 aromatic carbocycles. The second kappa shape index (κ2) is 9.28. The van der Waals surface area contributed by atoms with Crippen LogP contribution in [0.2, 0.25) is 5.02 Å². The molecule has 2 aliphatic carbocycles. The molecule has 2 amide bonds. The lowest BCUT2D eigenvalue weighted by molar-refractivity contribution is -0.143. The molecule has 2 aromatic rings. The van der Waals surface area contributed by atoms with Crippen LogP contribution in [0, 0.1) is 5.92 Å². The highest BCUT2D eigenvalue weighted by Gasteiger charge is 2.61. The highest BCUT2D eigenvalue weighted by atomic mass is 35.5. The maximum absolute atomic E-state index is 13.4. The molecule has 184 valence electrons. The molecule has 0 saturated heterocycles. The monoisotopic (exact) mass is 497 g/mol. The Kier molecular flexibility index (Phi) is 6.32. The number of halogens is 1. The minimum absolute atomic E-state index is 0.0298. The summed E-state index contributed by atoms with van der Waals surface area (Å²) in [6.07, 6.45) is 3.06. The van der Waals surface area contributed by atoms with Gasteiger partial charge in [-0.3, -0.25) is 9.59 Å². The largest absolute Gasteiger partial charge is 0.519 e. The highest BCUT2D eigenvalue weighted by Crippen LogP contribution is 2.56. The summed E-state index contributed by atoms with van der Waals surface area (Å²) in [6.45, 7) is 0.299. The molecule has 8 heteroatoms. The van der Waals surface area contributed by atoms with E-state index < -0.39 is 12.1 Å². The van der Waals surface area contributed by atoms with Crippen LogP contribution in [0.15, 0.2) is 48.5 Å². The minimum Gasteiger partial charge on any atom is -0.481 e. The van der Waals surface area contributed by atoms with E-state index in [-0.39, 0.29) is 47.3 Å². The second-order valence-corrected chi connectivity index (χ2v) is 10.5. The molecule has 0 unspecified atom stereocenters. The molecular weight excluding hydrogens is 468 g/mol. The number of carboxylic acid groups (broad SMARTS) is 2. The molecule has 0 bridgehead atoms. The van der Waals surface area contributed by atoms with E-state index in [2.05, 4.69) is 0 Å². The molecular formula is C27H30ClN2O5+. The number of quaternary nitrogens is 1. The molecule has 1 heterocycles. The Hall–Kier alpha value is -2.90. The van der Waals surface area contributed by atoms with E-state index in [4.69, 9.17) is 16.7 Å². The quantitative estimate of drug-likeness (QED) is 0.485. The van der Waals surface area contributed by atoms with E-state index in [1.165, 1.54) is 0 Å². The van der Waals surface area contributed by atoms with Crippen LogP contribution in [0.25, 0.3) is 0 Å². The summed E-state index contributed by atoms with van der Waals surface area (Å²) >= 11 is 6.46. The summed E-state index contributed by atoms with van der Waals surface area (Å²) in [6, 6.07) is 14.7. The molecule has 1 aliphatic heterocycles. The average molecular weight is 498 g/mol. The third-order valence-electron chi connectivity index (χ3n) is 7.94. The molecule has 0 radical (unpaired) electrons. The number of benzene rings is 2. The lowest BCUT2D eigenvalue weighted by Crippen LogP contribution is -2.65. The van der Waals surface area contributed by atoms with Crippen molar-refractivity contribution in [1.29, 1.82) is 0 Å². The topological polar surface area (TPSA) is 94.9 Å². The lowest BCUT2D eigenvalue weighted by Gasteiger charge is -2.50. The van der Waals surface area contributed by atoms with Gasteiger partial charge < -0.3 is 15.1 Å². The summed E-state index contributed by atoms with van der Waals surface area (Å²) in [7, 11) is 0. The van der Waals surface area contributed by atoms with Gasteiger partial charge in [-0.2, -0.15) is 9.28 Å². The van der Waals surface area contributed by atoms with E-state index in [0.717, 1.165) is 43.2 Å². The number of carboxylic acids is 1. The molecule has 4 atom stereocenters. The third kappa shape index (κ3) is 4.21. The van der Waals surface area contributed by atoms with Crippen LogP contribution in [0.3, 0.4) is 0 Å². The van der Waals surface area contributed by atoms with Gasteiger partial charge in [0.05, 0.1) is 12.5 Å². The molecule has 35 heavy (non-hydrogen) atoms. The van der Waals surface area contributed by atoms with Gasteiger partial charge >= 0.3 is 12.1 Å². The van der Waals surface area contributed by atoms with Crippen molar-refractivity contribution in [1.82, 2.24) is 9.38 Å². The fourth-order valence-electron chi connectivity index (χ4n) is 6.43. The first kappa shape index (κ1) is 23.8. The number of aliphatic carboxylic acids is 1. The highest BCUT2D eigenvalue weighted by molar-refractivity contribution is 6.31. The first-order chi connectivity index (χ1) is 16.8. The normalized spacial score (nSPS) is 27.1. The van der Waals surface area contributed by atoms with Crippen molar-refractivity contribution in [2.75, 3.05) is 0 Å². The van der Waals surface area contributed by atoms with Crippen molar-refractivity contribution in [3.05, 3.63) is 64.7 Å². The van der Waals surface area contributed by atoms with Gasteiger partial charge in [-0.05, 0) is 37.8 Å². The number of fused-ring (bicyclic) bond motifs is 2. The standard InChI is InChI=1S/C27H29ClN2O5/c28-18-9-12-21-23(15-18)30(27(34)35,16-17-5-2-1-3-6-17)22-8-4-7-20(22)26(21)29(19-10-11-19)24(31)13-14-25(32)33/h1-3,5-6,9,12,15,19-20,22,26H,4,7-8,10-11,13-14,16H2,(H-,32,33,34,35)/p+1/t20-,22+,26+,30-/m0/s1. The Bertz CT molecular complexity index is 1150. The molecule has 7 nitrogen and oxygen atoms in total. The van der Waals surface area contributed by atoms with E-state index in [1.807, 2.05) is 41.3 Å². The van der Waals surface area contributed by atoms with Gasteiger partial charge in [0.25, 0.3) is 0 Å². The van der Waals surface area contributed by atoms with Crippen molar-refractivity contribution in [3.8, 4) is 0 Å². The zero-order chi connectivity index (χ0) is 24.7. The second-order valence-electron chi connectivity index (χ2n) is 10.0. The number of hydrogen-bond donors (Lipinski definition) is 2. The Labute approximate surface area is 209 Å². The molecule has 2 N–H and O–H groups in total. The van der Waals surface area contributed by atoms with Crippen molar-refractivity contribution >= 4 is 35.3 Å². The summed E-state index contributed by atoms with van der Waals surface area (Å²) in [5.74, 6) is -1.18. The van der Waals surface area contributed by atoms with Gasteiger partial charge in [0, 0.05) is 47.0 Å². The lowest BCUT2D eigenvalue weighted by atomic mass is 9.79. The van der Waals surface area contributed by atoms with Gasteiger partial charge in [-0.1, -0.05) is 41.9 Å². The maximum Gasteiger partial charge on any atom is 0.519 e. The zero-order valence-corrected chi connectivity index (χ0v) is 20.2. The SMILES string of the molecule is O=C(O)CCC(=O)N(C1CC1)[C@H]1c2ccc(Cl)cc2[N@@+](Cc2ccccc2)(C(=O)O)[C@@H]2CCC[C@@H]21. The summed E-state index contributed by atoms with van der Waals surface area (Å²) in [5, 5.41) is 20.4. The summed E-state index contributed by atoms with van der Waals surface area (Å²) in [4.78, 5) is 39.7. The van der Waals surface area contributed by atoms with Crippen molar-refractivity contribution < 1.29 is 24.6 Å². The van der Waals surface area contributed by atoms with Crippen LogP contribution in [-0.4, -0.2) is 45.2 Å². The van der Waals surface area contributed by atoms with Crippen LogP contribution < -0.4 is 4.48 Å². The fourth-order valence-corrected chi connectivity index (χ4v) is 6.60. The predicted molar refractivity (Wildman–Crippen MR) is 132 cm³/mol. The van der Waals surface area contributed by atoms with Crippen LogP contribution in [0.1, 0.15) is 62.1 Å². The minimum atomic E-state index is -0.993. The number of carbonyl (C=O) groups is 3. The van der Waals surface area contributed by atoms with E-state index in [9.17, 15) is 19.5 Å². The number of carbonyl (C=O) groups excluding carboxylic acids is 1. The number of amides is 2. The van der Waals surface area contributed by atoms with Crippen molar-refractivity contribution in [3.63, 3.8) is 0 Å². The van der Waals surface area contributed by atoms with Crippen molar-refractivity contribution in [2.45, 2.75) is 69.6 Å². The summed E-state index contributed by atoms with van der Waals surface area (Å²) in [5.41, 5.74) is 2.40. The molecule has 0 spiro atoms. The van der Waals surface area contributed by atoms with Crippen molar-refractivity contribution in [2.24, 2.45) is 5.92 Å². The van der Waals surface area contributed by atoms with Gasteiger partial charge in [-0.25, -0.2) is 0 Å². The Balaban J connectivity index is 1.66. The summed E-state index contributed by atoms with van der Waals surface area (Å²) < 4.78 is -0.233. The number of nitrogens with zero attached hydrogens (tertiary/aromatic N) is 2. The number of rotatable bonds is 7. The van der Waals surface area contributed by atoms with Gasteiger partial charge in [0.2, 0.25) is 5.91 Å². The van der Waals surface area contributed by atoms with Gasteiger partial charge in [0.15, 0.2) is 5.69 Å².